The van der Waals surface area contributed by atoms with E-state index in [2.05, 4.69) is 29.9 Å². The van der Waals surface area contributed by atoms with E-state index in [0.29, 0.717) is 0 Å². The zero-order valence-electron chi connectivity index (χ0n) is 19.9. The molecule has 2 fully saturated rings. The standard InChI is InChI=1S/C20H24N10O9/c21-14-10-15(24-4-23-14)30(6-25-10)20(13(35)12(34)9(3-32)38-20)39-19(1-7(33)8(2-31)37-19)29-5-26-11-16(29)27-18(22)28-17(11)36/h4-9,12-13,31-35H,1-3H2,(H2,21,23,24)(H3,22,27,28,36)/t7-,8+,9+,12+,13+,19-,20-/m0/s1. The number of fused-ring (bicyclic) bond motifs is 2. The molecule has 0 aromatic carbocycles. The molecule has 0 aliphatic carbocycles. The Labute approximate surface area is 216 Å². The fourth-order valence-corrected chi connectivity index (χ4v) is 4.93. The van der Waals surface area contributed by atoms with Gasteiger partial charge in [-0.15, -0.1) is 0 Å². The summed E-state index contributed by atoms with van der Waals surface area (Å²) in [5.74, 6) is -4.93. The maximum atomic E-state index is 12.5. The minimum atomic E-state index is -2.45. The summed E-state index contributed by atoms with van der Waals surface area (Å²) in [4.78, 5) is 35.2. The molecule has 0 unspecified atom stereocenters. The van der Waals surface area contributed by atoms with Crippen LogP contribution in [0.4, 0.5) is 11.8 Å². The van der Waals surface area contributed by atoms with Gasteiger partial charge in [0.1, 0.15) is 42.8 Å². The van der Waals surface area contributed by atoms with Crippen LogP contribution in [0.15, 0.2) is 23.8 Å². The number of H-pyrrole nitrogens is 1. The number of aliphatic hydroxyl groups is 5. The summed E-state index contributed by atoms with van der Waals surface area (Å²) in [6.45, 7) is -1.38. The normalized spacial score (nSPS) is 33.0. The van der Waals surface area contributed by atoms with Gasteiger partial charge in [-0.1, -0.05) is 0 Å². The second kappa shape index (κ2) is 8.86. The van der Waals surface area contributed by atoms with E-state index in [1.807, 2.05) is 0 Å². The number of imidazole rings is 2. The lowest BCUT2D eigenvalue weighted by atomic mass is 10.1. The van der Waals surface area contributed by atoms with Crippen molar-refractivity contribution in [3.63, 3.8) is 0 Å². The summed E-state index contributed by atoms with van der Waals surface area (Å²) in [5, 5.41) is 52.6. The molecule has 6 heterocycles. The Morgan fingerprint density at radius 1 is 1.00 bits per heavy atom. The number of aromatic nitrogens is 8. The Kier molecular flexibility index (Phi) is 5.78. The fourth-order valence-electron chi connectivity index (χ4n) is 4.93. The maximum absolute atomic E-state index is 12.5. The Hall–Kier alpha value is -3.82. The highest BCUT2D eigenvalue weighted by atomic mass is 16.8. The molecule has 2 aliphatic heterocycles. The lowest BCUT2D eigenvalue weighted by molar-refractivity contribution is -0.431. The highest BCUT2D eigenvalue weighted by Gasteiger charge is 2.64. The number of rotatable bonds is 6. The van der Waals surface area contributed by atoms with E-state index in [9.17, 15) is 30.3 Å². The van der Waals surface area contributed by atoms with E-state index in [1.54, 1.807) is 0 Å². The van der Waals surface area contributed by atoms with Crippen molar-refractivity contribution in [2.45, 2.75) is 48.8 Å². The zero-order chi connectivity index (χ0) is 27.7. The van der Waals surface area contributed by atoms with Crippen molar-refractivity contribution in [2.75, 3.05) is 24.7 Å². The average molecular weight is 548 g/mol. The van der Waals surface area contributed by atoms with Crippen molar-refractivity contribution in [3.8, 4) is 0 Å². The van der Waals surface area contributed by atoms with Crippen LogP contribution in [0.25, 0.3) is 22.3 Å². The van der Waals surface area contributed by atoms with Crippen molar-refractivity contribution < 1.29 is 39.7 Å². The predicted octanol–water partition coefficient (Wildman–Crippen LogP) is -4.38. The molecule has 6 rings (SSSR count). The molecule has 10 N–H and O–H groups in total. The minimum absolute atomic E-state index is 0.00838. The van der Waals surface area contributed by atoms with Gasteiger partial charge in [0.15, 0.2) is 28.7 Å². The summed E-state index contributed by atoms with van der Waals surface area (Å²) >= 11 is 0. The van der Waals surface area contributed by atoms with Crippen LogP contribution >= 0.6 is 0 Å². The number of aromatic amines is 1. The molecule has 4 aromatic heterocycles. The average Bonchev–Trinajstić information content (AvgIpc) is 3.65. The van der Waals surface area contributed by atoms with Crippen LogP contribution in [-0.2, 0) is 26.0 Å². The zero-order valence-corrected chi connectivity index (χ0v) is 19.9. The number of nitrogens with one attached hydrogen (secondary N) is 1. The molecular formula is C20H24N10O9. The monoisotopic (exact) mass is 548 g/mol. The fraction of sp³-hybridized carbons (Fsp3) is 0.500. The second-order valence-corrected chi connectivity index (χ2v) is 9.11. The van der Waals surface area contributed by atoms with Crippen LogP contribution in [-0.4, -0.2) is 108 Å². The summed E-state index contributed by atoms with van der Waals surface area (Å²) in [6, 6.07) is 0. The Morgan fingerprint density at radius 3 is 2.41 bits per heavy atom. The molecule has 0 saturated carbocycles. The van der Waals surface area contributed by atoms with Gasteiger partial charge in [0.2, 0.25) is 5.95 Å². The highest BCUT2D eigenvalue weighted by Crippen LogP contribution is 2.47. The highest BCUT2D eigenvalue weighted by molar-refractivity contribution is 5.81. The lowest BCUT2D eigenvalue weighted by Gasteiger charge is -2.41. The number of nitrogen functional groups attached to an aromatic ring is 2. The number of hydrogen-bond acceptors (Lipinski definition) is 16. The quantitative estimate of drug-likeness (QED) is 0.113. The molecule has 7 atom stereocenters. The molecule has 19 heteroatoms. The SMILES string of the molecule is Nc1nc2c(ncn2[C@@]2(O[C@@]3(n4cnc5c(N)ncnc54)O[C@H](CO)[C@@H](O)[C@H]3O)C[C@H](O)[C@@H](CO)O2)c(=O)[nH]1. The molecule has 0 bridgehead atoms. The van der Waals surface area contributed by atoms with Crippen LogP contribution in [0, 0.1) is 0 Å². The van der Waals surface area contributed by atoms with Gasteiger partial charge in [-0.25, -0.2) is 19.9 Å². The molecular weight excluding hydrogens is 524 g/mol. The molecule has 4 aromatic rings. The van der Waals surface area contributed by atoms with E-state index in [4.69, 9.17) is 25.7 Å². The van der Waals surface area contributed by atoms with Gasteiger partial charge >= 0.3 is 0 Å². The second-order valence-electron chi connectivity index (χ2n) is 9.11. The third-order valence-corrected chi connectivity index (χ3v) is 6.79. The van der Waals surface area contributed by atoms with Crippen molar-refractivity contribution >= 4 is 34.1 Å². The van der Waals surface area contributed by atoms with Crippen LogP contribution in [0.1, 0.15) is 6.42 Å². The summed E-state index contributed by atoms with van der Waals surface area (Å²) in [5.41, 5.74) is 10.8. The van der Waals surface area contributed by atoms with E-state index in [0.717, 1.165) is 28.1 Å². The minimum Gasteiger partial charge on any atom is -0.394 e. The van der Waals surface area contributed by atoms with E-state index in [1.165, 1.54) is 0 Å². The van der Waals surface area contributed by atoms with Crippen LogP contribution in [0.5, 0.6) is 0 Å². The number of hydrogen-bond donors (Lipinski definition) is 8. The number of ether oxygens (including phenoxy) is 3. The van der Waals surface area contributed by atoms with Gasteiger partial charge in [0, 0.05) is 0 Å². The molecule has 39 heavy (non-hydrogen) atoms. The van der Waals surface area contributed by atoms with Gasteiger partial charge in [-0.2, -0.15) is 4.98 Å². The Balaban J connectivity index is 1.60. The topological polar surface area (TPSA) is 288 Å². The lowest BCUT2D eigenvalue weighted by Crippen LogP contribution is -2.54. The van der Waals surface area contributed by atoms with Gasteiger partial charge in [-0.05, 0) is 0 Å². The number of aliphatic hydroxyl groups excluding tert-OH is 5. The molecule has 0 radical (unpaired) electrons. The van der Waals surface area contributed by atoms with Crippen LogP contribution < -0.4 is 17.0 Å². The maximum Gasteiger partial charge on any atom is 0.292 e. The van der Waals surface area contributed by atoms with E-state index < -0.39 is 67.5 Å². The summed E-state index contributed by atoms with van der Waals surface area (Å²) < 4.78 is 20.6. The van der Waals surface area contributed by atoms with Gasteiger partial charge in [-0.3, -0.25) is 23.6 Å². The van der Waals surface area contributed by atoms with Crippen LogP contribution in [0.3, 0.4) is 0 Å². The first-order valence-corrected chi connectivity index (χ1v) is 11.6. The summed E-state index contributed by atoms with van der Waals surface area (Å²) in [7, 11) is 0. The van der Waals surface area contributed by atoms with Gasteiger partial charge in [0.25, 0.3) is 17.4 Å². The first-order valence-electron chi connectivity index (χ1n) is 11.6. The van der Waals surface area contributed by atoms with Crippen molar-refractivity contribution in [1.82, 2.24) is 39.0 Å². The van der Waals surface area contributed by atoms with Gasteiger partial charge < -0.3 is 46.5 Å². The van der Waals surface area contributed by atoms with E-state index >= 15 is 0 Å². The first kappa shape index (κ1) is 25.5. The first-order chi connectivity index (χ1) is 18.6. The summed E-state index contributed by atoms with van der Waals surface area (Å²) in [6.07, 6.45) is -4.55. The largest absolute Gasteiger partial charge is 0.394 e. The molecule has 0 amide bonds. The van der Waals surface area contributed by atoms with Gasteiger partial charge in [0.05, 0.1) is 25.7 Å². The molecule has 2 aliphatic rings. The smallest absolute Gasteiger partial charge is 0.292 e. The molecule has 0 spiro atoms. The van der Waals surface area contributed by atoms with Crippen molar-refractivity contribution in [1.29, 1.82) is 0 Å². The number of nitrogens with two attached hydrogens (primary N) is 2. The predicted molar refractivity (Wildman–Crippen MR) is 126 cm³/mol. The van der Waals surface area contributed by atoms with Crippen molar-refractivity contribution in [3.05, 3.63) is 29.3 Å². The molecule has 2 saturated heterocycles. The van der Waals surface area contributed by atoms with Crippen LogP contribution in [0.2, 0.25) is 0 Å². The molecule has 19 nitrogen and oxygen atoms in total. The number of anilines is 2. The Morgan fingerprint density at radius 2 is 1.72 bits per heavy atom. The third-order valence-electron chi connectivity index (χ3n) is 6.79. The Bertz CT molecular complexity index is 1610. The third kappa shape index (κ3) is 3.60. The van der Waals surface area contributed by atoms with Crippen molar-refractivity contribution in [2.24, 2.45) is 0 Å². The van der Waals surface area contributed by atoms with E-state index in [-0.39, 0.29) is 34.1 Å². The number of nitrogens with zero attached hydrogens (tertiary/aromatic N) is 7. The molecule has 208 valence electrons.